The third kappa shape index (κ3) is 7.37. The third-order valence-electron chi connectivity index (χ3n) is 1.85. The predicted molar refractivity (Wildman–Crippen MR) is 47.1 cm³/mol. The number of carbonyl (C=O) groups is 1. The summed E-state index contributed by atoms with van der Waals surface area (Å²) in [5.41, 5.74) is 5.06. The summed E-state index contributed by atoms with van der Waals surface area (Å²) in [6, 6.07) is 0. The van der Waals surface area contributed by atoms with E-state index < -0.39 is 0 Å². The molecule has 1 amide bonds. The SMILES string of the molecule is CCCCC[C@@H](C)CC(N)=O. The molecule has 0 fully saturated rings. The van der Waals surface area contributed by atoms with E-state index in [9.17, 15) is 4.79 Å². The van der Waals surface area contributed by atoms with Crippen LogP contribution in [0.1, 0.15) is 46.0 Å². The number of unbranched alkanes of at least 4 members (excludes halogenated alkanes) is 2. The van der Waals surface area contributed by atoms with Gasteiger partial charge in [0.2, 0.25) is 5.91 Å². The van der Waals surface area contributed by atoms with Crippen LogP contribution >= 0.6 is 0 Å². The fourth-order valence-corrected chi connectivity index (χ4v) is 1.19. The third-order valence-corrected chi connectivity index (χ3v) is 1.85. The van der Waals surface area contributed by atoms with Crippen molar-refractivity contribution in [3.8, 4) is 0 Å². The molecule has 1 atom stereocenters. The number of primary amides is 1. The van der Waals surface area contributed by atoms with Crippen LogP contribution in [0, 0.1) is 5.92 Å². The summed E-state index contributed by atoms with van der Waals surface area (Å²) in [5.74, 6) is 0.299. The standard InChI is InChI=1S/C9H19NO/c1-3-4-5-6-8(2)7-9(10)11/h8H,3-7H2,1-2H3,(H2,10,11)/t8-/m1/s1. The van der Waals surface area contributed by atoms with Crippen molar-refractivity contribution in [1.82, 2.24) is 0 Å². The Bertz CT molecular complexity index is 112. The van der Waals surface area contributed by atoms with Crippen molar-refractivity contribution in [2.75, 3.05) is 0 Å². The van der Waals surface area contributed by atoms with Crippen LogP contribution in [0.4, 0.5) is 0 Å². The van der Waals surface area contributed by atoms with Gasteiger partial charge in [0, 0.05) is 6.42 Å². The monoisotopic (exact) mass is 157 g/mol. The van der Waals surface area contributed by atoms with Gasteiger partial charge in [-0.3, -0.25) is 4.79 Å². The van der Waals surface area contributed by atoms with Gasteiger partial charge in [0.1, 0.15) is 0 Å². The van der Waals surface area contributed by atoms with Crippen molar-refractivity contribution >= 4 is 5.91 Å². The smallest absolute Gasteiger partial charge is 0.217 e. The summed E-state index contributed by atoms with van der Waals surface area (Å²) in [6.07, 6.45) is 5.41. The van der Waals surface area contributed by atoms with Crippen molar-refractivity contribution in [3.05, 3.63) is 0 Å². The van der Waals surface area contributed by atoms with E-state index in [1.807, 2.05) is 0 Å². The molecule has 11 heavy (non-hydrogen) atoms. The molecule has 0 rings (SSSR count). The lowest BCUT2D eigenvalue weighted by atomic mass is 10.00. The van der Waals surface area contributed by atoms with E-state index >= 15 is 0 Å². The first-order valence-electron chi connectivity index (χ1n) is 4.45. The van der Waals surface area contributed by atoms with E-state index in [0.29, 0.717) is 12.3 Å². The first-order chi connectivity index (χ1) is 5.16. The van der Waals surface area contributed by atoms with Crippen LogP contribution in [0.2, 0.25) is 0 Å². The van der Waals surface area contributed by atoms with Gasteiger partial charge in [-0.25, -0.2) is 0 Å². The Labute approximate surface area is 69.2 Å². The Balaban J connectivity index is 3.22. The average molecular weight is 157 g/mol. The Morgan fingerprint density at radius 3 is 2.55 bits per heavy atom. The molecule has 0 aliphatic heterocycles. The second-order valence-corrected chi connectivity index (χ2v) is 3.27. The van der Waals surface area contributed by atoms with Crippen molar-refractivity contribution < 1.29 is 4.79 Å². The number of hydrogen-bond acceptors (Lipinski definition) is 1. The summed E-state index contributed by atoms with van der Waals surface area (Å²) in [6.45, 7) is 4.26. The Morgan fingerprint density at radius 2 is 2.09 bits per heavy atom. The van der Waals surface area contributed by atoms with Gasteiger partial charge in [0.15, 0.2) is 0 Å². The highest BCUT2D eigenvalue weighted by Crippen LogP contribution is 2.11. The summed E-state index contributed by atoms with van der Waals surface area (Å²) < 4.78 is 0. The van der Waals surface area contributed by atoms with Gasteiger partial charge < -0.3 is 5.73 Å². The second kappa shape index (κ2) is 6.20. The van der Waals surface area contributed by atoms with Gasteiger partial charge in [-0.15, -0.1) is 0 Å². The predicted octanol–water partition coefficient (Wildman–Crippen LogP) is 2.08. The largest absolute Gasteiger partial charge is 0.370 e. The molecule has 0 saturated carbocycles. The minimum Gasteiger partial charge on any atom is -0.370 e. The first kappa shape index (κ1) is 10.5. The van der Waals surface area contributed by atoms with Crippen LogP contribution in [-0.4, -0.2) is 5.91 Å². The van der Waals surface area contributed by atoms with Gasteiger partial charge >= 0.3 is 0 Å². The van der Waals surface area contributed by atoms with Crippen molar-refractivity contribution in [2.24, 2.45) is 11.7 Å². The zero-order chi connectivity index (χ0) is 8.69. The lowest BCUT2D eigenvalue weighted by Crippen LogP contribution is -2.14. The van der Waals surface area contributed by atoms with Crippen LogP contribution in [0.5, 0.6) is 0 Å². The average Bonchev–Trinajstić information content (AvgIpc) is 1.86. The Morgan fingerprint density at radius 1 is 1.45 bits per heavy atom. The van der Waals surface area contributed by atoms with E-state index in [2.05, 4.69) is 13.8 Å². The van der Waals surface area contributed by atoms with Gasteiger partial charge in [-0.1, -0.05) is 39.5 Å². The minimum atomic E-state index is -0.172. The molecule has 0 aliphatic carbocycles. The topological polar surface area (TPSA) is 43.1 Å². The molecule has 0 spiro atoms. The molecule has 0 radical (unpaired) electrons. The van der Waals surface area contributed by atoms with Crippen LogP contribution in [0.15, 0.2) is 0 Å². The maximum absolute atomic E-state index is 10.5. The molecule has 66 valence electrons. The molecule has 0 aromatic carbocycles. The molecule has 0 aromatic rings. The second-order valence-electron chi connectivity index (χ2n) is 3.27. The molecular weight excluding hydrogens is 138 g/mol. The molecule has 0 unspecified atom stereocenters. The molecule has 0 heterocycles. The van der Waals surface area contributed by atoms with Gasteiger partial charge in [0.25, 0.3) is 0 Å². The van der Waals surface area contributed by atoms with Crippen molar-refractivity contribution in [1.29, 1.82) is 0 Å². The van der Waals surface area contributed by atoms with E-state index in [-0.39, 0.29) is 5.91 Å². The van der Waals surface area contributed by atoms with Gasteiger partial charge in [-0.2, -0.15) is 0 Å². The van der Waals surface area contributed by atoms with Crippen LogP contribution < -0.4 is 5.73 Å². The molecule has 0 bridgehead atoms. The highest BCUT2D eigenvalue weighted by molar-refractivity contribution is 5.73. The van der Waals surface area contributed by atoms with Crippen LogP contribution in [0.25, 0.3) is 0 Å². The first-order valence-corrected chi connectivity index (χ1v) is 4.45. The normalized spacial score (nSPS) is 12.9. The summed E-state index contributed by atoms with van der Waals surface area (Å²) in [5, 5.41) is 0. The Kier molecular flexibility index (Phi) is 5.90. The van der Waals surface area contributed by atoms with Gasteiger partial charge in [0.05, 0.1) is 0 Å². The lowest BCUT2D eigenvalue weighted by Gasteiger charge is -2.07. The zero-order valence-electron chi connectivity index (χ0n) is 7.60. The van der Waals surface area contributed by atoms with Crippen LogP contribution in [0.3, 0.4) is 0 Å². The lowest BCUT2D eigenvalue weighted by molar-refractivity contribution is -0.118. The summed E-state index contributed by atoms with van der Waals surface area (Å²) in [4.78, 5) is 10.5. The maximum Gasteiger partial charge on any atom is 0.217 e. The quantitative estimate of drug-likeness (QED) is 0.589. The number of amides is 1. The van der Waals surface area contributed by atoms with Gasteiger partial charge in [-0.05, 0) is 5.92 Å². The fourth-order valence-electron chi connectivity index (χ4n) is 1.19. The maximum atomic E-state index is 10.5. The molecule has 2 nitrogen and oxygen atoms in total. The van der Waals surface area contributed by atoms with E-state index in [1.54, 1.807) is 0 Å². The molecule has 2 N–H and O–H groups in total. The van der Waals surface area contributed by atoms with Crippen molar-refractivity contribution in [3.63, 3.8) is 0 Å². The van der Waals surface area contributed by atoms with Crippen molar-refractivity contribution in [2.45, 2.75) is 46.0 Å². The number of rotatable bonds is 6. The molecule has 0 aliphatic rings. The van der Waals surface area contributed by atoms with Crippen LogP contribution in [-0.2, 0) is 4.79 Å². The fraction of sp³-hybridized carbons (Fsp3) is 0.889. The highest BCUT2D eigenvalue weighted by atomic mass is 16.1. The summed E-state index contributed by atoms with van der Waals surface area (Å²) >= 11 is 0. The number of hydrogen-bond donors (Lipinski definition) is 1. The molecule has 2 heteroatoms. The molecular formula is C9H19NO. The Hall–Kier alpha value is -0.530. The summed E-state index contributed by atoms with van der Waals surface area (Å²) in [7, 11) is 0. The van der Waals surface area contributed by atoms with E-state index in [1.165, 1.54) is 19.3 Å². The van der Waals surface area contributed by atoms with E-state index in [0.717, 1.165) is 6.42 Å². The number of nitrogens with two attached hydrogens (primary N) is 1. The molecule has 0 saturated heterocycles. The minimum absolute atomic E-state index is 0.172. The number of carbonyl (C=O) groups excluding carboxylic acids is 1. The highest BCUT2D eigenvalue weighted by Gasteiger charge is 2.04. The van der Waals surface area contributed by atoms with E-state index in [4.69, 9.17) is 5.73 Å². The molecule has 0 aromatic heterocycles. The zero-order valence-corrected chi connectivity index (χ0v) is 7.60.